The molecule has 842 valence electrons. The minimum absolute atomic E-state index is 0.000107. The molecule has 0 bridgehead atoms. The molecule has 0 aromatic heterocycles. The van der Waals surface area contributed by atoms with Crippen LogP contribution < -0.4 is 120 Å². The third-order valence-corrected chi connectivity index (χ3v) is 28.1. The maximum atomic E-state index is 14.0. The van der Waals surface area contributed by atoms with Gasteiger partial charge in [-0.3, -0.25) is 19.4 Å². The number of ether oxygens (including phenoxy) is 18. The van der Waals surface area contributed by atoms with Crippen molar-refractivity contribution in [1.29, 1.82) is 0 Å². The Bertz CT molecular complexity index is 4190. The van der Waals surface area contributed by atoms with Crippen LogP contribution in [0.3, 0.4) is 0 Å². The lowest BCUT2D eigenvalue weighted by molar-refractivity contribution is -0.283. The summed E-state index contributed by atoms with van der Waals surface area (Å²) in [5, 5.41) is 197. The molecule has 4 saturated carbocycles. The molecule has 10 fully saturated rings. The number of ketones is 1. The summed E-state index contributed by atoms with van der Waals surface area (Å²) in [5.41, 5.74) is 110. The first-order valence-electron chi connectivity index (χ1n) is 48.4. The Morgan fingerprint density at radius 2 is 0.719 bits per heavy atom. The molecule has 6 saturated heterocycles. The van der Waals surface area contributed by atoms with Gasteiger partial charge in [0.15, 0.2) is 55.6 Å². The molecule has 0 aromatic carbocycles. The molecule has 13 aliphatic rings. The number of amides is 2. The Morgan fingerprint density at radius 3 is 1.03 bits per heavy atom. The zero-order valence-corrected chi connectivity index (χ0v) is 80.0. The predicted molar refractivity (Wildman–Crippen MR) is 492 cm³/mol. The van der Waals surface area contributed by atoms with Gasteiger partial charge in [-0.15, -0.1) is 0 Å². The largest absolute Gasteiger partial charge is 0.467 e. The molecule has 13 rings (SSSR count). The number of aliphatic imine (C=N–C) groups is 1. The molecular weight excluding hydrogens is 1960 g/mol. The van der Waals surface area contributed by atoms with Crippen molar-refractivity contribution in [2.75, 3.05) is 72.2 Å². The highest BCUT2D eigenvalue weighted by Gasteiger charge is 2.61. The van der Waals surface area contributed by atoms with Gasteiger partial charge in [-0.1, -0.05) is 0 Å². The molecule has 0 radical (unpaired) electrons. The van der Waals surface area contributed by atoms with Gasteiger partial charge < -0.3 is 297 Å². The molecule has 146 heavy (non-hydrogen) atoms. The number of carbonyl (C=O) groups excluding carboxylic acids is 3. The van der Waals surface area contributed by atoms with Gasteiger partial charge >= 0.3 is 0 Å². The number of carbonyl (C=O) groups is 3. The summed E-state index contributed by atoms with van der Waals surface area (Å²) in [6.45, 7) is -3.04. The molecule has 51 atom stereocenters. The van der Waals surface area contributed by atoms with Crippen LogP contribution in [0, 0.1) is 5.92 Å². The van der Waals surface area contributed by atoms with Gasteiger partial charge in [0.1, 0.15) is 194 Å². The highest BCUT2D eigenvalue weighted by Crippen LogP contribution is 2.43. The van der Waals surface area contributed by atoms with Crippen LogP contribution >= 0.6 is 0 Å². The van der Waals surface area contributed by atoms with Crippen LogP contribution in [0.4, 0.5) is 4.39 Å². The Hall–Kier alpha value is -5.57. The van der Waals surface area contributed by atoms with Crippen molar-refractivity contribution < 1.29 is 196 Å². The molecule has 2 amide bonds. The van der Waals surface area contributed by atoms with Gasteiger partial charge in [-0.25, -0.2) is 4.39 Å². The summed E-state index contributed by atoms with van der Waals surface area (Å²) in [6.07, 6.45) is -49.1. The van der Waals surface area contributed by atoms with Gasteiger partial charge in [0.2, 0.25) is 18.9 Å². The van der Waals surface area contributed by atoms with Crippen molar-refractivity contribution in [3.8, 4) is 0 Å². The van der Waals surface area contributed by atoms with Crippen LogP contribution in [0.5, 0.6) is 0 Å². The molecule has 0 aromatic rings. The smallest absolute Gasteiger partial charge is 0.252 e. The van der Waals surface area contributed by atoms with Crippen molar-refractivity contribution in [1.82, 2.24) is 10.6 Å². The number of nitrogens with one attached hydrogen (secondary N) is 2. The van der Waals surface area contributed by atoms with Gasteiger partial charge in [0, 0.05) is 82.6 Å². The Morgan fingerprint density at radius 1 is 0.404 bits per heavy atom. The summed E-state index contributed by atoms with van der Waals surface area (Å²) < 4.78 is 120. The summed E-state index contributed by atoms with van der Waals surface area (Å²) in [7, 11) is 0. The molecule has 4 aliphatic carbocycles. The van der Waals surface area contributed by atoms with E-state index in [9.17, 15) is 111 Å². The number of alkyl halides is 1. The number of nitrogens with two attached hydrogens (primary N) is 19. The van der Waals surface area contributed by atoms with E-state index in [-0.39, 0.29) is 103 Å². The summed E-state index contributed by atoms with van der Waals surface area (Å²) in [6, 6.07) is -11.3. The number of nitrogens with zero attached hydrogens (tertiary/aromatic N) is 1. The zero-order valence-electron chi connectivity index (χ0n) is 80.0. The second-order valence-corrected chi connectivity index (χ2v) is 38.7. The molecule has 61 nitrogen and oxygen atoms in total. The molecule has 0 unspecified atom stereocenters. The van der Waals surface area contributed by atoms with E-state index >= 15 is 0 Å². The topological polar surface area (TPSA) is 1110 Å². The number of Topliss-reactive ketones (excluding diaryl/α,β-unsaturated/α-hetero) is 1. The van der Waals surface area contributed by atoms with E-state index in [0.717, 1.165) is 0 Å². The number of hydrogen-bond acceptors (Lipinski definition) is 57. The maximum Gasteiger partial charge on any atom is 0.252 e. The molecular formula is C84H155FN22O39. The second kappa shape index (κ2) is 54.0. The molecule has 62 heteroatoms. The minimum atomic E-state index is -2.14. The van der Waals surface area contributed by atoms with Gasteiger partial charge in [-0.2, -0.15) is 0 Å². The fourth-order valence-electron chi connectivity index (χ4n) is 19.4. The van der Waals surface area contributed by atoms with E-state index in [4.69, 9.17) is 194 Å². The van der Waals surface area contributed by atoms with Crippen LogP contribution in [0.15, 0.2) is 40.5 Å². The van der Waals surface area contributed by atoms with E-state index in [1.165, 1.54) is 0 Å². The molecule has 0 spiro atoms. The third-order valence-electron chi connectivity index (χ3n) is 28.1. The highest BCUT2D eigenvalue weighted by molar-refractivity contribution is 5.86. The van der Waals surface area contributed by atoms with Crippen molar-refractivity contribution in [3.63, 3.8) is 0 Å². The Kier molecular flexibility index (Phi) is 44.6. The van der Waals surface area contributed by atoms with E-state index in [1.807, 2.05) is 0 Å². The van der Waals surface area contributed by atoms with Gasteiger partial charge in [0.05, 0.1) is 93.9 Å². The number of aliphatic hydroxyl groups excluding tert-OH is 17. The maximum absolute atomic E-state index is 14.0. The lowest BCUT2D eigenvalue weighted by Crippen LogP contribution is -2.69. The normalized spacial score (nSPS) is 45.6. The predicted octanol–water partition coefficient (Wildman–Crippen LogP) is -23.0. The van der Waals surface area contributed by atoms with Gasteiger partial charge in [0.25, 0.3) is 11.8 Å². The van der Waals surface area contributed by atoms with Crippen LogP contribution in [0.1, 0.15) is 64.2 Å². The van der Waals surface area contributed by atoms with E-state index in [0.29, 0.717) is 36.5 Å². The van der Waals surface area contributed by atoms with E-state index in [2.05, 4.69) is 15.6 Å². The number of guanidine groups is 1. The SMILES string of the molecule is NCC1=CC[C@@H](N)[C@@H](O[C@H]2[C@H](O[C@@H]3O[C@H](CO)[C@@H](O[C@H]4O[C@@H](CN)[C@@H](O)[C@H](O)[C@H]4N)[C@H]3O)[C@@H](O)[C@H](CC(=O)[C@@H](O)CCN=C(N)N)C[C@@H]2N)O1.NCC1=CC[C@@H](N)[C@@H](O[C@H]2[C@H](O[C@@H]3O[C@H](CO)[C@@H](O[C@H]4O[C@@H](CN)[C@@H](O)[C@H](O)[C@H]4N)[C@H]3O)[C@@H](O)[C@H](NC(=O)C3(O)CC(N)C3)C[C@@H]2N)O1.NCC1=CC[C@@H](N)[C@@H](O[C@H]2[C@H](O[C@@H]3O[C@H](CO)[C@@H](O[C@H]4O[C@@H](CN)[C@@H](O)[C@H](O)[C@H]4N)[C@H]3O)[C@@H](O)[C@H](NC(=O)[C@@H](O)[C@H](F)CN)C[C@@H]2N)O1. The van der Waals surface area contributed by atoms with Gasteiger partial charge in [-0.05, 0) is 62.7 Å². The van der Waals surface area contributed by atoms with Crippen LogP contribution in [0.25, 0.3) is 0 Å². The molecule has 9 aliphatic heterocycles. The number of halogens is 1. The fraction of sp³-hybridized carbons (Fsp3) is 0.881. The standard InChI is InChI=1S/C29H54N8O13.C28H51N7O13.C27H50FN7O13/c30-7-11-1-2-12(32)26(45-11)48-23-13(33)5-10(6-15(40)14(39)3-4-37-29(35)36)19(41)25(23)50-28-22(44)24(17(9-38)47-28)49-27-18(34)21(43)20(42)16(8-31)46-27;29-6-10-1-2-11(32)24(43-10)46-21-12(33)3-13(35-27(41)28(42)4-9(31)5-28)17(37)23(21)48-26-20(40)22(15(8-36)45-26)47-25-16(34)19(39)18(38)14(7-30)44-25;28-9(5-30)16(37)24(42)35-12-3-11(33)21(46-25-10(32)2-1-8(4-29)43-25)23(17(12)38)48-27-20(41)22(14(7-36)45-27)47-26-15(34)19(40)18(39)13(6-31)44-26/h1,10,12-14,16-28,38-39,41-44H,2-9,30-34H2,(H4,35,36,37);1,9,11-26,36-40,42H,2-8,29-34H2,(H,35,41);1,9-23,25-27,36-41H,2-7,29-34H2,(H,35,42)/t10-,12+,13-,14-,16-,17+,18+,19-,20+,21+,22+,23+,24+,25+,26+,27+,28-;9?,11-,12+,13-,14+,15-,16-,17+,18-,19-,20-,21-,22-,23-,24-,25-,26+,28?;9-,10-,11+,12-,13+,14-,15-,16+,17+,18-,19-,20-,21-,22-,23-,25-,26-,27+/m011/s1. The van der Waals surface area contributed by atoms with E-state index < -0.39 is 362 Å². The average Bonchev–Trinajstić information content (AvgIpc) is 0.913. The number of aliphatic hydroxyl groups is 18. The van der Waals surface area contributed by atoms with Crippen molar-refractivity contribution >= 4 is 23.6 Å². The van der Waals surface area contributed by atoms with Crippen LogP contribution in [0.2, 0.25) is 0 Å². The second-order valence-electron chi connectivity index (χ2n) is 38.7. The quantitative estimate of drug-likeness (QED) is 0.0201. The third kappa shape index (κ3) is 28.4. The summed E-state index contributed by atoms with van der Waals surface area (Å²) >= 11 is 0. The summed E-state index contributed by atoms with van der Waals surface area (Å²) in [4.78, 5) is 42.3. The molecule has 58 N–H and O–H groups in total. The number of hydrogen-bond donors (Lipinski definition) is 39. The first-order chi connectivity index (χ1) is 69.1. The van der Waals surface area contributed by atoms with Crippen molar-refractivity contribution in [2.24, 2.45) is 120 Å². The van der Waals surface area contributed by atoms with Crippen LogP contribution in [-0.2, 0) is 99.6 Å². The van der Waals surface area contributed by atoms with Crippen molar-refractivity contribution in [3.05, 3.63) is 35.5 Å². The minimum Gasteiger partial charge on any atom is -0.467 e. The average molecular weight is 2120 g/mol. The lowest BCUT2D eigenvalue weighted by Gasteiger charge is -2.47. The van der Waals surface area contributed by atoms with Crippen LogP contribution in [-0.4, -0.2) is 506 Å². The highest BCUT2D eigenvalue weighted by atomic mass is 19.1. The van der Waals surface area contributed by atoms with Crippen molar-refractivity contribution in [2.45, 2.75) is 382 Å². The lowest BCUT2D eigenvalue weighted by atomic mass is 9.75. The summed E-state index contributed by atoms with van der Waals surface area (Å²) in [5.74, 6) is -2.32. The first-order valence-corrected chi connectivity index (χ1v) is 48.4. The first kappa shape index (κ1) is 121. The van der Waals surface area contributed by atoms with E-state index in [1.54, 1.807) is 18.2 Å². The number of rotatable bonds is 39. The Labute approximate surface area is 836 Å². The Balaban J connectivity index is 0.000000208. The monoisotopic (exact) mass is 2120 g/mol. The fourth-order valence-corrected chi connectivity index (χ4v) is 19.4. The molecule has 9 heterocycles. The zero-order chi connectivity index (χ0) is 107.